The van der Waals surface area contributed by atoms with Crippen LogP contribution in [0.2, 0.25) is 0 Å². The van der Waals surface area contributed by atoms with Gasteiger partial charge in [0.1, 0.15) is 0 Å². The lowest BCUT2D eigenvalue weighted by Crippen LogP contribution is -3.14. The predicted octanol–water partition coefficient (Wildman–Crippen LogP) is 1.55. The molecule has 0 aliphatic carbocycles. The van der Waals surface area contributed by atoms with Crippen LogP contribution < -0.4 is 4.90 Å². The van der Waals surface area contributed by atoms with E-state index in [0.717, 1.165) is 43.2 Å². The molecule has 1 heterocycles. The highest BCUT2D eigenvalue weighted by Gasteiger charge is 2.25. The van der Waals surface area contributed by atoms with E-state index in [-0.39, 0.29) is 5.91 Å². The number of quaternary nitrogens is 1. The fraction of sp³-hybridized carbons (Fsp3) is 0.562. The molecule has 110 valence electrons. The Morgan fingerprint density at radius 2 is 1.95 bits per heavy atom. The minimum atomic E-state index is 0.198. The summed E-state index contributed by atoms with van der Waals surface area (Å²) in [5.41, 5.74) is 0.867. The summed E-state index contributed by atoms with van der Waals surface area (Å²) in [6.07, 6.45) is 0. The number of thioether (sulfide) groups is 1. The number of carbonyl (C=O) groups excluding carboxylic acids is 1. The van der Waals surface area contributed by atoms with Crippen molar-refractivity contribution in [3.63, 3.8) is 0 Å². The topological polar surface area (TPSA) is 24.8 Å². The molecule has 1 saturated heterocycles. The Morgan fingerprint density at radius 1 is 1.30 bits per heavy atom. The lowest BCUT2D eigenvalue weighted by Gasteiger charge is -2.32. The lowest BCUT2D eigenvalue weighted by atomic mass is 10.2. The van der Waals surface area contributed by atoms with E-state index in [9.17, 15) is 4.79 Å². The maximum absolute atomic E-state index is 12.7. The van der Waals surface area contributed by atoms with Crippen molar-refractivity contribution in [2.75, 3.05) is 32.7 Å². The highest BCUT2D eigenvalue weighted by Crippen LogP contribution is 2.27. The second-order valence-corrected chi connectivity index (χ2v) is 7.18. The second-order valence-electron chi connectivity index (χ2n) is 5.56. The van der Waals surface area contributed by atoms with Crippen molar-refractivity contribution in [1.29, 1.82) is 0 Å². The van der Waals surface area contributed by atoms with Gasteiger partial charge < -0.3 is 9.80 Å². The van der Waals surface area contributed by atoms with Crippen molar-refractivity contribution in [2.45, 2.75) is 30.9 Å². The number of benzene rings is 1. The van der Waals surface area contributed by atoms with Crippen molar-refractivity contribution >= 4 is 17.7 Å². The van der Waals surface area contributed by atoms with Crippen LogP contribution in [0, 0.1) is 0 Å². The predicted molar refractivity (Wildman–Crippen MR) is 84.6 cm³/mol. The zero-order chi connectivity index (χ0) is 14.5. The molecule has 1 amide bonds. The summed E-state index contributed by atoms with van der Waals surface area (Å²) in [6, 6.07) is 8.00. The average Bonchev–Trinajstić information content (AvgIpc) is 2.46. The van der Waals surface area contributed by atoms with Gasteiger partial charge >= 0.3 is 0 Å². The number of rotatable bonds is 4. The Hall–Kier alpha value is -1.00. The quantitative estimate of drug-likeness (QED) is 0.852. The lowest BCUT2D eigenvalue weighted by molar-refractivity contribution is -0.902. The second kappa shape index (κ2) is 7.14. The van der Waals surface area contributed by atoms with Crippen LogP contribution in [0.1, 0.15) is 31.1 Å². The van der Waals surface area contributed by atoms with E-state index in [4.69, 9.17) is 0 Å². The van der Waals surface area contributed by atoms with Gasteiger partial charge in [-0.1, -0.05) is 26.0 Å². The molecule has 0 radical (unpaired) electrons. The highest BCUT2D eigenvalue weighted by atomic mass is 32.2. The monoisotopic (exact) mass is 293 g/mol. The van der Waals surface area contributed by atoms with Crippen LogP contribution in [-0.2, 0) is 0 Å². The Bertz CT molecular complexity index is 454. The van der Waals surface area contributed by atoms with E-state index in [2.05, 4.69) is 26.8 Å². The van der Waals surface area contributed by atoms with Gasteiger partial charge in [-0.2, -0.15) is 0 Å². The maximum atomic E-state index is 12.7. The fourth-order valence-corrected chi connectivity index (χ4v) is 3.50. The molecule has 1 fully saturated rings. The van der Waals surface area contributed by atoms with E-state index in [1.54, 1.807) is 16.7 Å². The summed E-state index contributed by atoms with van der Waals surface area (Å²) < 4.78 is 0. The molecule has 1 aliphatic heterocycles. The van der Waals surface area contributed by atoms with Crippen LogP contribution in [-0.4, -0.2) is 48.8 Å². The van der Waals surface area contributed by atoms with Gasteiger partial charge in [-0.15, -0.1) is 11.8 Å². The Kier molecular flexibility index (Phi) is 5.49. The molecular formula is C16H25N2OS+. The van der Waals surface area contributed by atoms with Gasteiger partial charge in [-0.25, -0.2) is 0 Å². The third kappa shape index (κ3) is 3.76. The normalized spacial score (nSPS) is 16.7. The largest absolute Gasteiger partial charge is 0.332 e. The van der Waals surface area contributed by atoms with E-state index in [1.807, 2.05) is 23.1 Å². The van der Waals surface area contributed by atoms with Crippen molar-refractivity contribution in [3.8, 4) is 0 Å². The summed E-state index contributed by atoms with van der Waals surface area (Å²) in [5.74, 6) is 0.198. The van der Waals surface area contributed by atoms with Gasteiger partial charge in [0.25, 0.3) is 5.91 Å². The zero-order valence-corrected chi connectivity index (χ0v) is 13.5. The summed E-state index contributed by atoms with van der Waals surface area (Å²) in [5, 5.41) is 0.491. The van der Waals surface area contributed by atoms with Gasteiger partial charge in [-0.05, 0) is 19.1 Å². The first-order valence-corrected chi connectivity index (χ1v) is 8.38. The number of piperazine rings is 1. The Balaban J connectivity index is 2.09. The van der Waals surface area contributed by atoms with Gasteiger partial charge in [0.05, 0.1) is 38.3 Å². The van der Waals surface area contributed by atoms with Crippen LogP contribution >= 0.6 is 11.8 Å². The summed E-state index contributed by atoms with van der Waals surface area (Å²) in [4.78, 5) is 17.4. The number of nitrogens with zero attached hydrogens (tertiary/aromatic N) is 1. The van der Waals surface area contributed by atoms with Crippen molar-refractivity contribution in [1.82, 2.24) is 4.90 Å². The van der Waals surface area contributed by atoms with Gasteiger partial charge in [0.15, 0.2) is 0 Å². The fourth-order valence-electron chi connectivity index (χ4n) is 2.55. The summed E-state index contributed by atoms with van der Waals surface area (Å²) in [7, 11) is 0. The first-order valence-electron chi connectivity index (χ1n) is 7.50. The molecule has 3 nitrogen and oxygen atoms in total. The molecule has 0 unspecified atom stereocenters. The minimum absolute atomic E-state index is 0.198. The van der Waals surface area contributed by atoms with Crippen LogP contribution in [0.15, 0.2) is 29.2 Å². The number of amides is 1. The number of nitrogens with one attached hydrogen (secondary N) is 1. The van der Waals surface area contributed by atoms with Crippen LogP contribution in [0.5, 0.6) is 0 Å². The van der Waals surface area contributed by atoms with Crippen molar-refractivity contribution in [2.24, 2.45) is 0 Å². The maximum Gasteiger partial charge on any atom is 0.255 e. The molecule has 1 aromatic rings. The molecule has 2 rings (SSSR count). The van der Waals surface area contributed by atoms with Crippen molar-refractivity contribution < 1.29 is 9.69 Å². The Morgan fingerprint density at radius 3 is 2.55 bits per heavy atom. The number of likely N-dealkylation sites (N-methyl/N-ethyl adjacent to an activating group) is 1. The molecular weight excluding hydrogens is 268 g/mol. The molecule has 0 saturated carbocycles. The molecule has 1 aliphatic rings. The molecule has 0 spiro atoms. The van der Waals surface area contributed by atoms with E-state index < -0.39 is 0 Å². The Labute approximate surface area is 126 Å². The number of hydrogen-bond donors (Lipinski definition) is 1. The molecule has 0 aromatic heterocycles. The zero-order valence-electron chi connectivity index (χ0n) is 12.7. The van der Waals surface area contributed by atoms with E-state index in [0.29, 0.717) is 5.25 Å². The van der Waals surface area contributed by atoms with E-state index >= 15 is 0 Å². The van der Waals surface area contributed by atoms with Gasteiger partial charge in [0, 0.05) is 10.1 Å². The molecule has 1 aromatic carbocycles. The molecule has 1 N–H and O–H groups in total. The van der Waals surface area contributed by atoms with E-state index in [1.165, 1.54) is 0 Å². The van der Waals surface area contributed by atoms with Crippen LogP contribution in [0.3, 0.4) is 0 Å². The highest BCUT2D eigenvalue weighted by molar-refractivity contribution is 8.00. The molecule has 20 heavy (non-hydrogen) atoms. The third-order valence-electron chi connectivity index (χ3n) is 3.74. The number of carbonyl (C=O) groups is 1. The molecule has 0 bridgehead atoms. The smallest absolute Gasteiger partial charge is 0.255 e. The van der Waals surface area contributed by atoms with Crippen LogP contribution in [0.4, 0.5) is 0 Å². The average molecular weight is 293 g/mol. The van der Waals surface area contributed by atoms with Gasteiger partial charge in [0.2, 0.25) is 0 Å². The standard InChI is InChI=1S/C16H24N2OS/c1-4-17-9-11-18(12-10-17)16(19)14-7-5-6-8-15(14)20-13(2)3/h5-8,13H,4,9-12H2,1-3H3/p+1. The number of hydrogen-bond acceptors (Lipinski definition) is 2. The molecule has 4 heteroatoms. The SMILES string of the molecule is CC[NH+]1CCN(C(=O)c2ccccc2SC(C)C)CC1. The first-order chi connectivity index (χ1) is 9.61. The summed E-state index contributed by atoms with van der Waals surface area (Å²) >= 11 is 1.77. The minimum Gasteiger partial charge on any atom is -0.332 e. The first kappa shape index (κ1) is 15.4. The third-order valence-corrected chi connectivity index (χ3v) is 4.82. The van der Waals surface area contributed by atoms with Crippen LogP contribution in [0.25, 0.3) is 0 Å². The molecule has 0 atom stereocenters. The van der Waals surface area contributed by atoms with Gasteiger partial charge in [-0.3, -0.25) is 4.79 Å². The summed E-state index contributed by atoms with van der Waals surface area (Å²) in [6.45, 7) is 11.6. The van der Waals surface area contributed by atoms with Crippen molar-refractivity contribution in [3.05, 3.63) is 29.8 Å².